The normalized spacial score (nSPS) is 16.5. The number of anilines is 1. The van der Waals surface area contributed by atoms with Gasteiger partial charge in [-0.25, -0.2) is 4.98 Å². The summed E-state index contributed by atoms with van der Waals surface area (Å²) >= 11 is 0. The SMILES string of the molecule is CN(C)c1cc(C(=O)NCCCN2CCC(O)CC2)ccn1. The van der Waals surface area contributed by atoms with Crippen LogP contribution in [0.4, 0.5) is 5.82 Å². The zero-order valence-corrected chi connectivity index (χ0v) is 13.5. The number of amides is 1. The quantitative estimate of drug-likeness (QED) is 0.758. The number of nitrogens with one attached hydrogen (secondary N) is 1. The molecule has 2 N–H and O–H groups in total. The van der Waals surface area contributed by atoms with E-state index in [1.165, 1.54) is 0 Å². The number of aromatic nitrogens is 1. The zero-order chi connectivity index (χ0) is 15.9. The molecule has 0 saturated carbocycles. The third-order valence-electron chi connectivity index (χ3n) is 3.96. The summed E-state index contributed by atoms with van der Waals surface area (Å²) in [6.07, 6.45) is 4.16. The predicted molar refractivity (Wildman–Crippen MR) is 87.2 cm³/mol. The van der Waals surface area contributed by atoms with Crippen molar-refractivity contribution in [2.75, 3.05) is 45.2 Å². The number of nitrogens with zero attached hydrogens (tertiary/aromatic N) is 3. The van der Waals surface area contributed by atoms with E-state index in [4.69, 9.17) is 0 Å². The van der Waals surface area contributed by atoms with E-state index in [-0.39, 0.29) is 12.0 Å². The maximum absolute atomic E-state index is 12.1. The van der Waals surface area contributed by atoms with Gasteiger partial charge in [0.25, 0.3) is 5.91 Å². The second-order valence-electron chi connectivity index (χ2n) is 5.98. The van der Waals surface area contributed by atoms with Gasteiger partial charge in [-0.1, -0.05) is 0 Å². The molecule has 0 unspecified atom stereocenters. The molecule has 1 aromatic rings. The monoisotopic (exact) mass is 306 g/mol. The standard InChI is InChI=1S/C16H26N4O2/c1-19(2)15-12-13(4-8-17-15)16(22)18-7-3-9-20-10-5-14(21)6-11-20/h4,8,12,14,21H,3,5-7,9-11H2,1-2H3,(H,18,22). The number of aliphatic hydroxyl groups excluding tert-OH is 1. The molecule has 1 fully saturated rings. The van der Waals surface area contributed by atoms with Crippen LogP contribution in [0.5, 0.6) is 0 Å². The Morgan fingerprint density at radius 2 is 2.18 bits per heavy atom. The first kappa shape index (κ1) is 16.7. The van der Waals surface area contributed by atoms with E-state index in [0.29, 0.717) is 12.1 Å². The summed E-state index contributed by atoms with van der Waals surface area (Å²) < 4.78 is 0. The van der Waals surface area contributed by atoms with E-state index in [1.54, 1.807) is 18.3 Å². The second kappa shape index (κ2) is 8.10. The Bertz CT molecular complexity index is 485. The van der Waals surface area contributed by atoms with Crippen molar-refractivity contribution in [2.24, 2.45) is 0 Å². The minimum Gasteiger partial charge on any atom is -0.393 e. The molecule has 0 bridgehead atoms. The average Bonchev–Trinajstić information content (AvgIpc) is 2.53. The lowest BCUT2D eigenvalue weighted by Gasteiger charge is -2.29. The molecule has 122 valence electrons. The number of hydrogen-bond acceptors (Lipinski definition) is 5. The van der Waals surface area contributed by atoms with Crippen molar-refractivity contribution in [1.82, 2.24) is 15.2 Å². The smallest absolute Gasteiger partial charge is 0.251 e. The fourth-order valence-corrected chi connectivity index (χ4v) is 2.55. The van der Waals surface area contributed by atoms with Crippen molar-refractivity contribution in [2.45, 2.75) is 25.4 Å². The lowest BCUT2D eigenvalue weighted by Crippen LogP contribution is -2.37. The summed E-state index contributed by atoms with van der Waals surface area (Å²) in [6, 6.07) is 3.52. The van der Waals surface area contributed by atoms with Crippen molar-refractivity contribution in [3.63, 3.8) is 0 Å². The summed E-state index contributed by atoms with van der Waals surface area (Å²) in [6.45, 7) is 3.53. The first-order valence-corrected chi connectivity index (χ1v) is 7.88. The summed E-state index contributed by atoms with van der Waals surface area (Å²) in [4.78, 5) is 20.5. The van der Waals surface area contributed by atoms with Crippen molar-refractivity contribution < 1.29 is 9.90 Å². The van der Waals surface area contributed by atoms with Gasteiger partial charge in [0, 0.05) is 45.5 Å². The number of rotatable bonds is 6. The van der Waals surface area contributed by atoms with E-state index in [2.05, 4.69) is 15.2 Å². The van der Waals surface area contributed by atoms with Crippen molar-refractivity contribution >= 4 is 11.7 Å². The minimum absolute atomic E-state index is 0.0560. The molecule has 0 radical (unpaired) electrons. The molecule has 2 heterocycles. The zero-order valence-electron chi connectivity index (χ0n) is 13.5. The van der Waals surface area contributed by atoms with Crippen molar-refractivity contribution in [3.8, 4) is 0 Å². The lowest BCUT2D eigenvalue weighted by molar-refractivity contribution is 0.0816. The van der Waals surface area contributed by atoms with Crippen LogP contribution >= 0.6 is 0 Å². The van der Waals surface area contributed by atoms with Crippen LogP contribution in [-0.4, -0.2) is 67.3 Å². The van der Waals surface area contributed by atoms with E-state index in [1.807, 2.05) is 19.0 Å². The fraction of sp³-hybridized carbons (Fsp3) is 0.625. The molecular formula is C16H26N4O2. The molecule has 1 aromatic heterocycles. The topological polar surface area (TPSA) is 68.7 Å². The van der Waals surface area contributed by atoms with Gasteiger partial charge in [-0.05, 0) is 37.9 Å². The summed E-state index contributed by atoms with van der Waals surface area (Å²) in [5.41, 5.74) is 0.639. The maximum atomic E-state index is 12.1. The largest absolute Gasteiger partial charge is 0.393 e. The molecule has 1 saturated heterocycles. The maximum Gasteiger partial charge on any atom is 0.251 e. The highest BCUT2D eigenvalue weighted by Gasteiger charge is 2.16. The van der Waals surface area contributed by atoms with Gasteiger partial charge in [0.15, 0.2) is 0 Å². The molecule has 1 amide bonds. The third kappa shape index (κ3) is 4.96. The molecule has 0 atom stereocenters. The van der Waals surface area contributed by atoms with Gasteiger partial charge in [-0.15, -0.1) is 0 Å². The van der Waals surface area contributed by atoms with Gasteiger partial charge in [-0.2, -0.15) is 0 Å². The molecule has 0 spiro atoms. The van der Waals surface area contributed by atoms with E-state index in [9.17, 15) is 9.90 Å². The summed E-state index contributed by atoms with van der Waals surface area (Å²) in [5.74, 6) is 0.721. The number of pyridine rings is 1. The minimum atomic E-state index is -0.131. The van der Waals surface area contributed by atoms with Gasteiger partial charge in [-0.3, -0.25) is 4.79 Å². The number of hydrogen-bond donors (Lipinski definition) is 2. The number of piperidine rings is 1. The fourth-order valence-electron chi connectivity index (χ4n) is 2.55. The Hall–Kier alpha value is -1.66. The molecule has 0 aliphatic carbocycles. The van der Waals surface area contributed by atoms with Crippen LogP contribution < -0.4 is 10.2 Å². The lowest BCUT2D eigenvalue weighted by atomic mass is 10.1. The van der Waals surface area contributed by atoms with Crippen LogP contribution in [0.1, 0.15) is 29.6 Å². The molecule has 1 aliphatic rings. The summed E-state index contributed by atoms with van der Waals surface area (Å²) in [5, 5.41) is 12.4. The first-order valence-electron chi connectivity index (χ1n) is 7.88. The third-order valence-corrected chi connectivity index (χ3v) is 3.96. The van der Waals surface area contributed by atoms with Crippen LogP contribution in [0, 0.1) is 0 Å². The molecular weight excluding hydrogens is 280 g/mol. The van der Waals surface area contributed by atoms with Gasteiger partial charge >= 0.3 is 0 Å². The van der Waals surface area contributed by atoms with Crippen LogP contribution in [-0.2, 0) is 0 Å². The van der Waals surface area contributed by atoms with E-state index in [0.717, 1.165) is 44.7 Å². The highest BCUT2D eigenvalue weighted by Crippen LogP contribution is 2.10. The van der Waals surface area contributed by atoms with Crippen LogP contribution in [0.2, 0.25) is 0 Å². The predicted octanol–water partition coefficient (Wildman–Crippen LogP) is 0.724. The van der Waals surface area contributed by atoms with E-state index >= 15 is 0 Å². The molecule has 6 heteroatoms. The van der Waals surface area contributed by atoms with E-state index < -0.39 is 0 Å². The van der Waals surface area contributed by atoms with Gasteiger partial charge in [0.1, 0.15) is 5.82 Å². The van der Waals surface area contributed by atoms with Crippen molar-refractivity contribution in [1.29, 1.82) is 0 Å². The Kier molecular flexibility index (Phi) is 6.15. The Morgan fingerprint density at radius 1 is 1.45 bits per heavy atom. The number of likely N-dealkylation sites (tertiary alicyclic amines) is 1. The Labute approximate surface area is 132 Å². The van der Waals surface area contributed by atoms with Gasteiger partial charge in [0.2, 0.25) is 0 Å². The molecule has 6 nitrogen and oxygen atoms in total. The second-order valence-corrected chi connectivity index (χ2v) is 5.98. The number of carbonyl (C=O) groups excluding carboxylic acids is 1. The molecule has 2 rings (SSSR count). The Balaban J connectivity index is 1.70. The molecule has 22 heavy (non-hydrogen) atoms. The van der Waals surface area contributed by atoms with Crippen LogP contribution in [0.25, 0.3) is 0 Å². The highest BCUT2D eigenvalue weighted by molar-refractivity contribution is 5.94. The first-order chi connectivity index (χ1) is 10.6. The Morgan fingerprint density at radius 3 is 2.86 bits per heavy atom. The van der Waals surface area contributed by atoms with Crippen LogP contribution in [0.15, 0.2) is 18.3 Å². The molecule has 1 aliphatic heterocycles. The van der Waals surface area contributed by atoms with Gasteiger partial charge < -0.3 is 20.2 Å². The van der Waals surface area contributed by atoms with Gasteiger partial charge in [0.05, 0.1) is 6.10 Å². The highest BCUT2D eigenvalue weighted by atomic mass is 16.3. The van der Waals surface area contributed by atoms with Crippen LogP contribution in [0.3, 0.4) is 0 Å². The number of carbonyl (C=O) groups is 1. The molecule has 0 aromatic carbocycles. The number of aliphatic hydroxyl groups is 1. The average molecular weight is 306 g/mol. The summed E-state index contributed by atoms with van der Waals surface area (Å²) in [7, 11) is 3.80. The van der Waals surface area contributed by atoms with Crippen molar-refractivity contribution in [3.05, 3.63) is 23.9 Å².